The van der Waals surface area contributed by atoms with Gasteiger partial charge in [-0.1, -0.05) is 6.58 Å². The lowest BCUT2D eigenvalue weighted by Crippen LogP contribution is -2.69. The first-order valence-corrected chi connectivity index (χ1v) is 15.1. The highest BCUT2D eigenvalue weighted by atomic mass is 32.2. The molecule has 0 N–H and O–H groups in total. The number of aromatic nitrogens is 1. The van der Waals surface area contributed by atoms with Crippen molar-refractivity contribution in [1.82, 2.24) is 14.8 Å². The first-order chi connectivity index (χ1) is 17.7. The molecule has 0 radical (unpaired) electrons. The van der Waals surface area contributed by atoms with E-state index in [1.165, 1.54) is 6.08 Å². The number of fused-ring (bicyclic) bond motifs is 3. The zero-order valence-electron chi connectivity index (χ0n) is 21.1. The van der Waals surface area contributed by atoms with Gasteiger partial charge in [0.15, 0.2) is 9.84 Å². The third kappa shape index (κ3) is 4.04. The zero-order chi connectivity index (χ0) is 25.9. The van der Waals surface area contributed by atoms with E-state index in [-0.39, 0.29) is 23.4 Å². The van der Waals surface area contributed by atoms with Crippen LogP contribution in [0.1, 0.15) is 49.8 Å². The molecule has 5 aliphatic heterocycles. The van der Waals surface area contributed by atoms with Crippen molar-refractivity contribution in [2.45, 2.75) is 61.8 Å². The van der Waals surface area contributed by atoms with Gasteiger partial charge in [0.1, 0.15) is 11.5 Å². The highest BCUT2D eigenvalue weighted by Crippen LogP contribution is 2.46. The van der Waals surface area contributed by atoms with Crippen molar-refractivity contribution in [3.8, 4) is 0 Å². The topological polar surface area (TPSA) is 77.1 Å². The Bertz CT molecular complexity index is 1190. The summed E-state index contributed by atoms with van der Waals surface area (Å²) in [6.07, 6.45) is 2.85. The van der Waals surface area contributed by atoms with Crippen molar-refractivity contribution in [2.75, 3.05) is 61.4 Å². The van der Waals surface area contributed by atoms with Crippen molar-refractivity contribution in [2.24, 2.45) is 0 Å². The minimum absolute atomic E-state index is 0.0311. The molecule has 1 spiro atoms. The third-order valence-corrected chi connectivity index (χ3v) is 12.2. The van der Waals surface area contributed by atoms with E-state index in [1.807, 2.05) is 15.9 Å². The number of nitrogens with zero attached hydrogens (tertiary/aromatic N) is 5. The van der Waals surface area contributed by atoms with Crippen LogP contribution in [0.4, 0.5) is 20.3 Å². The molecule has 4 fully saturated rings. The summed E-state index contributed by atoms with van der Waals surface area (Å²) in [6, 6.07) is 2.58. The lowest BCUT2D eigenvalue weighted by molar-refractivity contribution is -0.128. The number of carbonyl (C=O) groups excluding carboxylic acids is 1. The van der Waals surface area contributed by atoms with E-state index < -0.39 is 21.0 Å². The quantitative estimate of drug-likeness (QED) is 0.548. The van der Waals surface area contributed by atoms with E-state index in [1.54, 1.807) is 0 Å². The number of carbonyl (C=O) groups is 1. The summed E-state index contributed by atoms with van der Waals surface area (Å²) in [7, 11) is -3.03. The number of alkyl halides is 2. The maximum Gasteiger partial charge on any atom is 0.280 e. The molecule has 5 aliphatic rings. The van der Waals surface area contributed by atoms with Crippen LogP contribution in [0.2, 0.25) is 0 Å². The molecule has 2 unspecified atom stereocenters. The lowest BCUT2D eigenvalue weighted by atomic mass is 9.90. The summed E-state index contributed by atoms with van der Waals surface area (Å²) in [6.45, 7) is 8.39. The van der Waals surface area contributed by atoms with Crippen molar-refractivity contribution in [3.63, 3.8) is 0 Å². The van der Waals surface area contributed by atoms with Gasteiger partial charge in [-0.3, -0.25) is 9.69 Å². The van der Waals surface area contributed by atoms with Crippen molar-refractivity contribution in [1.29, 1.82) is 0 Å². The average Bonchev–Trinajstić information content (AvgIpc) is 3.03. The molecule has 1 amide bonds. The molecular weight excluding hydrogens is 500 g/mol. The fourth-order valence-electron chi connectivity index (χ4n) is 7.08. The van der Waals surface area contributed by atoms with E-state index in [2.05, 4.69) is 21.4 Å². The summed E-state index contributed by atoms with van der Waals surface area (Å²) in [5.74, 6) is 0.772. The molecule has 11 heteroatoms. The molecule has 0 saturated carbocycles. The van der Waals surface area contributed by atoms with E-state index >= 15 is 0 Å². The van der Waals surface area contributed by atoms with E-state index in [0.717, 1.165) is 38.2 Å². The van der Waals surface area contributed by atoms with Crippen LogP contribution in [0, 0.1) is 0 Å². The number of amides is 1. The summed E-state index contributed by atoms with van der Waals surface area (Å²) in [4.78, 5) is 25.0. The molecule has 1 aromatic rings. The average molecular weight is 536 g/mol. The van der Waals surface area contributed by atoms with Crippen LogP contribution >= 0.6 is 0 Å². The zero-order valence-corrected chi connectivity index (χ0v) is 21.9. The van der Waals surface area contributed by atoms with Crippen LogP contribution in [0.15, 0.2) is 18.7 Å². The number of piperidine rings is 1. The molecule has 6 rings (SSSR count). The molecule has 0 aromatic carbocycles. The molecular formula is C26H35F2N5O3S. The van der Waals surface area contributed by atoms with Crippen LogP contribution in [0.3, 0.4) is 0 Å². The van der Waals surface area contributed by atoms with Crippen molar-refractivity contribution >= 4 is 27.2 Å². The number of rotatable bonds is 4. The molecule has 0 aliphatic carbocycles. The van der Waals surface area contributed by atoms with Gasteiger partial charge in [-0.15, -0.1) is 0 Å². The Morgan fingerprint density at radius 1 is 1.11 bits per heavy atom. The third-order valence-electron chi connectivity index (χ3n) is 9.54. The number of piperazine rings is 1. The SMILES string of the molecule is C=CC(=O)N1CCN(C2CN3c4cc(N5CCC6(CC5)CCS6(=O)=O)nc(C(F)F)c4CCCC23)CC1. The molecule has 0 bridgehead atoms. The first-order valence-electron chi connectivity index (χ1n) is 13.4. The van der Waals surface area contributed by atoms with Gasteiger partial charge in [0.25, 0.3) is 6.43 Å². The Morgan fingerprint density at radius 3 is 2.43 bits per heavy atom. The summed E-state index contributed by atoms with van der Waals surface area (Å²) in [5, 5.41) is 0. The van der Waals surface area contributed by atoms with Crippen LogP contribution in [0.5, 0.6) is 0 Å². The molecule has 37 heavy (non-hydrogen) atoms. The monoisotopic (exact) mass is 535 g/mol. The Kier molecular flexibility index (Phi) is 6.21. The van der Waals surface area contributed by atoms with Crippen LogP contribution in [-0.2, 0) is 21.1 Å². The number of anilines is 2. The maximum atomic E-state index is 14.2. The highest BCUT2D eigenvalue weighted by Gasteiger charge is 2.53. The highest BCUT2D eigenvalue weighted by molar-refractivity contribution is 7.94. The Balaban J connectivity index is 1.21. The fourth-order valence-corrected chi connectivity index (χ4v) is 9.00. The molecule has 6 heterocycles. The van der Waals surface area contributed by atoms with Crippen molar-refractivity contribution < 1.29 is 22.0 Å². The molecule has 8 nitrogen and oxygen atoms in total. The van der Waals surface area contributed by atoms with Gasteiger partial charge in [0.05, 0.1) is 10.5 Å². The second kappa shape index (κ2) is 9.18. The Hall–Kier alpha value is -2.27. The Labute approximate surface area is 217 Å². The number of halogens is 2. The minimum Gasteiger partial charge on any atom is -0.365 e. The predicted octanol–water partition coefficient (Wildman–Crippen LogP) is 2.40. The smallest absolute Gasteiger partial charge is 0.280 e. The van der Waals surface area contributed by atoms with Gasteiger partial charge in [0.2, 0.25) is 5.91 Å². The number of sulfone groups is 1. The second-order valence-electron chi connectivity index (χ2n) is 11.1. The van der Waals surface area contributed by atoms with E-state index in [0.29, 0.717) is 69.3 Å². The first kappa shape index (κ1) is 25.0. The van der Waals surface area contributed by atoms with Gasteiger partial charge in [-0.2, -0.15) is 0 Å². The van der Waals surface area contributed by atoms with Gasteiger partial charge in [0, 0.05) is 75.2 Å². The number of hydrogen-bond donors (Lipinski definition) is 0. The van der Waals surface area contributed by atoms with E-state index in [4.69, 9.17) is 0 Å². The fraction of sp³-hybridized carbons (Fsp3) is 0.692. The largest absolute Gasteiger partial charge is 0.365 e. The summed E-state index contributed by atoms with van der Waals surface area (Å²) >= 11 is 0. The molecule has 202 valence electrons. The van der Waals surface area contributed by atoms with Crippen LogP contribution in [0.25, 0.3) is 0 Å². The number of hydrogen-bond acceptors (Lipinski definition) is 7. The van der Waals surface area contributed by atoms with Gasteiger partial charge < -0.3 is 14.7 Å². The van der Waals surface area contributed by atoms with Gasteiger partial charge in [-0.25, -0.2) is 22.2 Å². The Morgan fingerprint density at radius 2 is 1.84 bits per heavy atom. The molecule has 1 aromatic heterocycles. The lowest BCUT2D eigenvalue weighted by Gasteiger charge is -2.55. The standard InChI is InChI=1S/C26H35F2N5O3S/c1-2-23(34)32-13-11-30(12-14-32)21-17-33-19(21)5-3-4-18-20(33)16-22(29-24(18)25(27)28)31-9-6-26(7-10-31)8-15-37(26,35)36/h2,16,19,21,25H,1,3-15,17H2. The van der Waals surface area contributed by atoms with Crippen LogP contribution < -0.4 is 9.80 Å². The molecule has 4 saturated heterocycles. The summed E-state index contributed by atoms with van der Waals surface area (Å²) in [5.41, 5.74) is 1.41. The maximum absolute atomic E-state index is 14.2. The minimum atomic E-state index is -3.03. The van der Waals surface area contributed by atoms with Crippen LogP contribution in [-0.4, -0.2) is 97.5 Å². The normalized spacial score (nSPS) is 28.7. The van der Waals surface area contributed by atoms with Gasteiger partial charge in [-0.05, 0) is 44.6 Å². The van der Waals surface area contributed by atoms with Gasteiger partial charge >= 0.3 is 0 Å². The summed E-state index contributed by atoms with van der Waals surface area (Å²) < 4.78 is 52.6. The van der Waals surface area contributed by atoms with Crippen molar-refractivity contribution in [3.05, 3.63) is 30.0 Å². The predicted molar refractivity (Wildman–Crippen MR) is 138 cm³/mol. The second-order valence-corrected chi connectivity index (χ2v) is 13.7. The van der Waals surface area contributed by atoms with E-state index in [9.17, 15) is 22.0 Å². The number of pyridine rings is 1. The molecule has 2 atom stereocenters.